The van der Waals surface area contributed by atoms with Crippen molar-refractivity contribution in [2.24, 2.45) is 11.8 Å². The second kappa shape index (κ2) is 5.75. The summed E-state index contributed by atoms with van der Waals surface area (Å²) in [5.74, 6) is 1.40. The minimum absolute atomic E-state index is 0.441. The molecule has 0 spiro atoms. The van der Waals surface area contributed by atoms with Gasteiger partial charge in [-0.25, -0.2) is 0 Å². The van der Waals surface area contributed by atoms with Gasteiger partial charge >= 0.3 is 0 Å². The van der Waals surface area contributed by atoms with Gasteiger partial charge in [0.05, 0.1) is 5.60 Å². The third-order valence-corrected chi connectivity index (χ3v) is 5.60. The predicted molar refractivity (Wildman–Crippen MR) is 79.1 cm³/mol. The molecule has 1 aliphatic carbocycles. The van der Waals surface area contributed by atoms with Crippen LogP contribution in [0.4, 0.5) is 0 Å². The smallest absolute Gasteiger partial charge is 0.0698 e. The van der Waals surface area contributed by atoms with Gasteiger partial charge in [-0.1, -0.05) is 27.2 Å². The maximum Gasteiger partial charge on any atom is 0.0698 e. The van der Waals surface area contributed by atoms with Crippen LogP contribution in [0.1, 0.15) is 56.2 Å². The van der Waals surface area contributed by atoms with Gasteiger partial charge in [0, 0.05) is 16.2 Å². The van der Waals surface area contributed by atoms with E-state index in [9.17, 15) is 5.11 Å². The molecule has 2 unspecified atom stereocenters. The van der Waals surface area contributed by atoms with Crippen LogP contribution in [-0.4, -0.2) is 10.7 Å². The van der Waals surface area contributed by atoms with Crippen molar-refractivity contribution in [1.82, 2.24) is 0 Å². The van der Waals surface area contributed by atoms with Crippen LogP contribution in [0, 0.1) is 11.8 Å². The van der Waals surface area contributed by atoms with Crippen molar-refractivity contribution in [2.75, 3.05) is 0 Å². The lowest BCUT2D eigenvalue weighted by atomic mass is 9.72. The van der Waals surface area contributed by atoms with Crippen LogP contribution in [0.25, 0.3) is 0 Å². The first-order valence-corrected chi connectivity index (χ1v) is 8.14. The summed E-state index contributed by atoms with van der Waals surface area (Å²) in [7, 11) is 0. The molecule has 1 fully saturated rings. The summed E-state index contributed by atoms with van der Waals surface area (Å²) in [4.78, 5) is 2.79. The Morgan fingerprint density at radius 2 is 2.11 bits per heavy atom. The van der Waals surface area contributed by atoms with Gasteiger partial charge in [0.1, 0.15) is 0 Å². The Labute approximate surface area is 115 Å². The van der Waals surface area contributed by atoms with Gasteiger partial charge in [-0.3, -0.25) is 0 Å². The highest BCUT2D eigenvalue weighted by Gasteiger charge is 2.35. The number of hydrogen-bond acceptors (Lipinski definition) is 2. The third-order valence-electron chi connectivity index (χ3n) is 4.37. The molecule has 2 atom stereocenters. The number of aryl methyl sites for hydroxylation is 1. The molecule has 0 bridgehead atoms. The highest BCUT2D eigenvalue weighted by atomic mass is 32.1. The van der Waals surface area contributed by atoms with Crippen LogP contribution in [0.2, 0.25) is 0 Å². The Kier molecular flexibility index (Phi) is 4.50. The van der Waals surface area contributed by atoms with E-state index in [2.05, 4.69) is 32.9 Å². The molecule has 2 heteroatoms. The molecule has 1 aliphatic rings. The van der Waals surface area contributed by atoms with Crippen molar-refractivity contribution in [3.8, 4) is 0 Å². The Morgan fingerprint density at radius 3 is 2.72 bits per heavy atom. The molecule has 1 nitrogen and oxygen atoms in total. The van der Waals surface area contributed by atoms with E-state index in [4.69, 9.17) is 0 Å². The maximum atomic E-state index is 10.8. The molecule has 18 heavy (non-hydrogen) atoms. The summed E-state index contributed by atoms with van der Waals surface area (Å²) in [6.07, 6.45) is 6.42. The summed E-state index contributed by atoms with van der Waals surface area (Å²) >= 11 is 1.87. The average molecular weight is 266 g/mol. The zero-order valence-electron chi connectivity index (χ0n) is 11.9. The molecule has 0 saturated heterocycles. The molecule has 1 heterocycles. The molecule has 2 rings (SSSR count). The summed E-state index contributed by atoms with van der Waals surface area (Å²) in [6, 6.07) is 4.42. The summed E-state index contributed by atoms with van der Waals surface area (Å²) < 4.78 is 0. The van der Waals surface area contributed by atoms with Crippen LogP contribution in [-0.2, 0) is 12.8 Å². The fourth-order valence-electron chi connectivity index (χ4n) is 3.15. The lowest BCUT2D eigenvalue weighted by molar-refractivity contribution is -0.0233. The highest BCUT2D eigenvalue weighted by Crippen LogP contribution is 2.39. The van der Waals surface area contributed by atoms with E-state index in [1.54, 1.807) is 0 Å². The summed E-state index contributed by atoms with van der Waals surface area (Å²) in [5.41, 5.74) is -0.441. The molecule has 1 aromatic heterocycles. The van der Waals surface area contributed by atoms with Crippen molar-refractivity contribution >= 4 is 11.3 Å². The summed E-state index contributed by atoms with van der Waals surface area (Å²) in [6.45, 7) is 6.77. The van der Waals surface area contributed by atoms with E-state index in [-0.39, 0.29) is 0 Å². The molecule has 0 radical (unpaired) electrons. The molecule has 1 saturated carbocycles. The van der Waals surface area contributed by atoms with Crippen LogP contribution >= 0.6 is 11.3 Å². The molecule has 1 aromatic rings. The first-order chi connectivity index (χ1) is 8.52. The van der Waals surface area contributed by atoms with Gasteiger partial charge in [-0.2, -0.15) is 0 Å². The normalized spacial score (nSPS) is 28.8. The lowest BCUT2D eigenvalue weighted by Crippen LogP contribution is -2.38. The first-order valence-electron chi connectivity index (χ1n) is 7.32. The Hall–Kier alpha value is -0.340. The zero-order valence-corrected chi connectivity index (χ0v) is 12.7. The summed E-state index contributed by atoms with van der Waals surface area (Å²) in [5, 5.41) is 10.8. The van der Waals surface area contributed by atoms with Crippen LogP contribution in [0.5, 0.6) is 0 Å². The molecule has 0 aromatic carbocycles. The SMILES string of the molecule is CCc1ccc(CC2(O)CCCC(C(C)C)C2)s1. The van der Waals surface area contributed by atoms with E-state index in [1.807, 2.05) is 11.3 Å². The first kappa shape index (κ1) is 14.1. The highest BCUT2D eigenvalue weighted by molar-refractivity contribution is 7.12. The molecular weight excluding hydrogens is 240 g/mol. The lowest BCUT2D eigenvalue weighted by Gasteiger charge is -2.38. The number of hydrogen-bond donors (Lipinski definition) is 1. The largest absolute Gasteiger partial charge is 0.390 e. The van der Waals surface area contributed by atoms with Gasteiger partial charge < -0.3 is 5.11 Å². The quantitative estimate of drug-likeness (QED) is 0.854. The van der Waals surface area contributed by atoms with Gasteiger partial charge in [0.2, 0.25) is 0 Å². The molecule has 0 amide bonds. The fourth-order valence-corrected chi connectivity index (χ4v) is 4.24. The monoisotopic (exact) mass is 266 g/mol. The van der Waals surface area contributed by atoms with E-state index in [1.165, 1.54) is 22.6 Å². The maximum absolute atomic E-state index is 10.8. The van der Waals surface area contributed by atoms with E-state index >= 15 is 0 Å². The van der Waals surface area contributed by atoms with Gasteiger partial charge in [0.25, 0.3) is 0 Å². The van der Waals surface area contributed by atoms with E-state index in [0.717, 1.165) is 25.7 Å². The zero-order chi connectivity index (χ0) is 13.2. The molecular formula is C16H26OS. The van der Waals surface area contributed by atoms with Gasteiger partial charge in [0.15, 0.2) is 0 Å². The van der Waals surface area contributed by atoms with Crippen LogP contribution in [0.15, 0.2) is 12.1 Å². The Morgan fingerprint density at radius 1 is 1.39 bits per heavy atom. The van der Waals surface area contributed by atoms with E-state index < -0.39 is 5.60 Å². The van der Waals surface area contributed by atoms with Crippen LogP contribution in [0.3, 0.4) is 0 Å². The second-order valence-electron chi connectivity index (χ2n) is 6.22. The molecule has 1 N–H and O–H groups in total. The number of rotatable bonds is 4. The fraction of sp³-hybridized carbons (Fsp3) is 0.750. The third kappa shape index (κ3) is 3.36. The number of thiophene rings is 1. The minimum Gasteiger partial charge on any atom is -0.390 e. The van der Waals surface area contributed by atoms with E-state index in [0.29, 0.717) is 11.8 Å². The van der Waals surface area contributed by atoms with Gasteiger partial charge in [-0.15, -0.1) is 11.3 Å². The van der Waals surface area contributed by atoms with Crippen molar-refractivity contribution in [1.29, 1.82) is 0 Å². The molecule has 0 aliphatic heterocycles. The number of aliphatic hydroxyl groups is 1. The van der Waals surface area contributed by atoms with Crippen molar-refractivity contribution in [3.63, 3.8) is 0 Å². The van der Waals surface area contributed by atoms with Crippen molar-refractivity contribution < 1.29 is 5.11 Å². The standard InChI is InChI=1S/C16H26OS/c1-4-14-7-8-15(18-14)11-16(17)9-5-6-13(10-16)12(2)3/h7-8,12-13,17H,4-6,9-11H2,1-3H3. The topological polar surface area (TPSA) is 20.2 Å². The van der Waals surface area contributed by atoms with Crippen molar-refractivity contribution in [2.45, 2.75) is 64.9 Å². The second-order valence-corrected chi connectivity index (χ2v) is 7.48. The Balaban J connectivity index is 2.02. The molecule has 102 valence electrons. The van der Waals surface area contributed by atoms with Crippen molar-refractivity contribution in [3.05, 3.63) is 21.9 Å². The predicted octanol–water partition coefficient (Wildman–Crippen LogP) is 4.43. The van der Waals surface area contributed by atoms with Crippen LogP contribution < -0.4 is 0 Å². The minimum atomic E-state index is -0.441. The van der Waals surface area contributed by atoms with Gasteiger partial charge in [-0.05, 0) is 49.7 Å². The average Bonchev–Trinajstić information content (AvgIpc) is 2.76. The Bertz CT molecular complexity index is 382.